The molecule has 1 unspecified atom stereocenters. The molecular formula is C27H19N3O4S. The van der Waals surface area contributed by atoms with Gasteiger partial charge in [-0.3, -0.25) is 19.5 Å². The molecule has 6 rings (SSSR count). The number of aryl methyl sites for hydroxylation is 1. The molecule has 0 saturated carbocycles. The topological polar surface area (TPSA) is 97.7 Å². The van der Waals surface area contributed by atoms with Crippen molar-refractivity contribution in [3.8, 4) is 5.75 Å². The molecule has 0 saturated heterocycles. The van der Waals surface area contributed by atoms with Crippen LogP contribution in [0.25, 0.3) is 11.8 Å². The van der Waals surface area contributed by atoms with Crippen molar-refractivity contribution in [3.63, 3.8) is 0 Å². The minimum atomic E-state index is -0.475. The summed E-state index contributed by atoms with van der Waals surface area (Å²) < 4.78 is 2.18. The first kappa shape index (κ1) is 21.2. The molecule has 2 heterocycles. The number of rotatable bonds is 3. The van der Waals surface area contributed by atoms with E-state index in [-0.39, 0.29) is 17.0 Å². The van der Waals surface area contributed by atoms with E-state index in [1.807, 2.05) is 24.3 Å². The van der Waals surface area contributed by atoms with Crippen LogP contribution in [0.4, 0.5) is 5.69 Å². The molecule has 2 aliphatic rings. The first-order valence-corrected chi connectivity index (χ1v) is 12.0. The van der Waals surface area contributed by atoms with Crippen LogP contribution in [0.15, 0.2) is 88.2 Å². The molecule has 3 aromatic carbocycles. The number of thiazole rings is 1. The second-order valence-corrected chi connectivity index (χ2v) is 9.57. The number of nitrogens with zero attached hydrogens (tertiary/aromatic N) is 3. The van der Waals surface area contributed by atoms with E-state index in [1.54, 1.807) is 47.0 Å². The van der Waals surface area contributed by atoms with Crippen LogP contribution >= 0.6 is 11.3 Å². The van der Waals surface area contributed by atoms with Gasteiger partial charge in [0.15, 0.2) is 4.80 Å². The van der Waals surface area contributed by atoms with Crippen LogP contribution in [0.3, 0.4) is 0 Å². The van der Waals surface area contributed by atoms with Gasteiger partial charge in [-0.25, -0.2) is 4.99 Å². The molecule has 7 nitrogen and oxygen atoms in total. The third-order valence-corrected chi connectivity index (χ3v) is 7.44. The van der Waals surface area contributed by atoms with Gasteiger partial charge in [0.25, 0.3) is 11.2 Å². The van der Waals surface area contributed by atoms with E-state index in [0.717, 1.165) is 28.8 Å². The lowest BCUT2D eigenvalue weighted by Gasteiger charge is -2.30. The maximum atomic E-state index is 13.7. The molecule has 35 heavy (non-hydrogen) atoms. The van der Waals surface area contributed by atoms with Crippen LogP contribution < -0.4 is 14.9 Å². The molecule has 0 spiro atoms. The van der Waals surface area contributed by atoms with Gasteiger partial charge in [-0.15, -0.1) is 0 Å². The Morgan fingerprint density at radius 2 is 1.86 bits per heavy atom. The van der Waals surface area contributed by atoms with Gasteiger partial charge < -0.3 is 5.11 Å². The second kappa shape index (κ2) is 8.18. The Balaban J connectivity index is 1.63. The largest absolute Gasteiger partial charge is 0.508 e. The summed E-state index contributed by atoms with van der Waals surface area (Å²) in [5, 5.41) is 21.1. The smallest absolute Gasteiger partial charge is 0.271 e. The van der Waals surface area contributed by atoms with Crippen molar-refractivity contribution in [1.82, 2.24) is 4.57 Å². The van der Waals surface area contributed by atoms with Crippen LogP contribution in [0.5, 0.6) is 5.75 Å². The van der Waals surface area contributed by atoms with E-state index in [1.165, 1.54) is 23.0 Å². The van der Waals surface area contributed by atoms with E-state index in [9.17, 15) is 20.0 Å². The first-order chi connectivity index (χ1) is 17.0. The lowest BCUT2D eigenvalue weighted by molar-refractivity contribution is -0.384. The molecular weight excluding hydrogens is 462 g/mol. The van der Waals surface area contributed by atoms with E-state index >= 15 is 0 Å². The Kier molecular flexibility index (Phi) is 4.96. The van der Waals surface area contributed by atoms with Crippen molar-refractivity contribution >= 4 is 28.8 Å². The van der Waals surface area contributed by atoms with Gasteiger partial charge in [0, 0.05) is 17.7 Å². The van der Waals surface area contributed by atoms with Crippen LogP contribution in [-0.4, -0.2) is 14.6 Å². The maximum Gasteiger partial charge on any atom is 0.271 e. The Labute approximate surface area is 203 Å². The van der Waals surface area contributed by atoms with Gasteiger partial charge in [0.05, 0.1) is 21.2 Å². The fourth-order valence-corrected chi connectivity index (χ4v) is 5.85. The Hall–Kier alpha value is -4.30. The second-order valence-electron chi connectivity index (χ2n) is 8.56. The Bertz CT molecular complexity index is 1710. The van der Waals surface area contributed by atoms with Crippen molar-refractivity contribution in [1.29, 1.82) is 0 Å². The summed E-state index contributed by atoms with van der Waals surface area (Å²) in [5.41, 5.74) is 5.37. The number of hydrogen-bond acceptors (Lipinski definition) is 6. The number of aromatic nitrogens is 1. The highest BCUT2D eigenvalue weighted by Gasteiger charge is 2.33. The summed E-state index contributed by atoms with van der Waals surface area (Å²) >= 11 is 1.30. The molecule has 0 amide bonds. The molecule has 1 aliphatic carbocycles. The quantitative estimate of drug-likeness (QED) is 0.354. The van der Waals surface area contributed by atoms with Gasteiger partial charge in [0.1, 0.15) is 5.75 Å². The molecule has 1 N–H and O–H groups in total. The number of phenolic OH excluding ortho intramolecular Hbond substituents is 1. The van der Waals surface area contributed by atoms with Gasteiger partial charge in [-0.05, 0) is 53.3 Å². The number of hydrogen-bond donors (Lipinski definition) is 1. The van der Waals surface area contributed by atoms with E-state index in [2.05, 4.69) is 6.07 Å². The monoisotopic (exact) mass is 481 g/mol. The third kappa shape index (κ3) is 3.59. The minimum Gasteiger partial charge on any atom is -0.508 e. The number of benzene rings is 3. The van der Waals surface area contributed by atoms with Crippen molar-refractivity contribution in [3.05, 3.63) is 130 Å². The van der Waals surface area contributed by atoms with E-state index in [0.29, 0.717) is 21.3 Å². The summed E-state index contributed by atoms with van der Waals surface area (Å²) in [4.78, 5) is 30.3. The highest BCUT2D eigenvalue weighted by Crippen LogP contribution is 2.41. The number of nitro benzene ring substituents is 1. The summed E-state index contributed by atoms with van der Waals surface area (Å²) in [6.07, 6.45) is 3.31. The molecule has 4 aromatic rings. The summed E-state index contributed by atoms with van der Waals surface area (Å²) in [6, 6.07) is 20.8. The number of fused-ring (bicyclic) bond motifs is 3. The molecule has 0 bridgehead atoms. The summed E-state index contributed by atoms with van der Waals surface area (Å²) in [5.74, 6) is 0.153. The normalized spacial score (nSPS) is 16.8. The predicted octanol–water partition coefficient (Wildman–Crippen LogP) is 3.93. The number of allylic oxidation sites excluding steroid dienone is 1. The molecule has 172 valence electrons. The van der Waals surface area contributed by atoms with Crippen LogP contribution in [0, 0.1) is 10.1 Å². The molecule has 1 aliphatic heterocycles. The SMILES string of the molecule is O=c1c(=Cc2ccc(O)cc2)sc2n1C(c1cccc([N+](=O)[O-])c1)C1=C(N=2)c2ccccc2CC1. The highest BCUT2D eigenvalue weighted by molar-refractivity contribution is 7.07. The predicted molar refractivity (Wildman–Crippen MR) is 134 cm³/mol. The molecule has 0 fully saturated rings. The molecule has 1 aromatic heterocycles. The lowest BCUT2D eigenvalue weighted by Crippen LogP contribution is -2.38. The highest BCUT2D eigenvalue weighted by atomic mass is 32.1. The standard InChI is InChI=1S/C27H19N3O4S/c31-20-11-8-16(9-12-20)14-23-26(32)29-25(18-5-3-6-19(15-18)30(33)34)22-13-10-17-4-1-2-7-21(17)24(22)28-27(29)35-23/h1-9,11-12,14-15,25,31H,10,13H2. The van der Waals surface area contributed by atoms with Gasteiger partial charge >= 0.3 is 0 Å². The summed E-state index contributed by atoms with van der Waals surface area (Å²) in [6.45, 7) is 0. The average molecular weight is 482 g/mol. The lowest BCUT2D eigenvalue weighted by atomic mass is 9.83. The van der Waals surface area contributed by atoms with E-state index < -0.39 is 11.0 Å². The molecule has 0 radical (unpaired) electrons. The van der Waals surface area contributed by atoms with E-state index in [4.69, 9.17) is 4.99 Å². The zero-order valence-electron chi connectivity index (χ0n) is 18.4. The number of aromatic hydroxyl groups is 1. The maximum absolute atomic E-state index is 13.7. The van der Waals surface area contributed by atoms with Gasteiger partial charge in [0.2, 0.25) is 0 Å². The number of nitro groups is 1. The van der Waals surface area contributed by atoms with Crippen molar-refractivity contribution in [2.75, 3.05) is 0 Å². The molecule has 1 atom stereocenters. The Morgan fingerprint density at radius 3 is 2.66 bits per heavy atom. The third-order valence-electron chi connectivity index (χ3n) is 6.46. The van der Waals surface area contributed by atoms with Crippen LogP contribution in [0.2, 0.25) is 0 Å². The Morgan fingerprint density at radius 1 is 1.06 bits per heavy atom. The fourth-order valence-electron chi connectivity index (χ4n) is 4.85. The van der Waals surface area contributed by atoms with Crippen LogP contribution in [-0.2, 0) is 6.42 Å². The van der Waals surface area contributed by atoms with Crippen molar-refractivity contribution in [2.24, 2.45) is 4.99 Å². The average Bonchev–Trinajstić information content (AvgIpc) is 3.18. The van der Waals surface area contributed by atoms with Crippen LogP contribution in [0.1, 0.15) is 34.7 Å². The van der Waals surface area contributed by atoms with Gasteiger partial charge in [-0.1, -0.05) is 59.9 Å². The zero-order chi connectivity index (χ0) is 24.1. The number of non-ortho nitro benzene ring substituents is 1. The minimum absolute atomic E-state index is 0.0101. The van der Waals surface area contributed by atoms with Crippen molar-refractivity contribution < 1.29 is 10.0 Å². The van der Waals surface area contributed by atoms with Crippen molar-refractivity contribution in [2.45, 2.75) is 18.9 Å². The molecule has 8 heteroatoms. The van der Waals surface area contributed by atoms with Gasteiger partial charge in [-0.2, -0.15) is 0 Å². The number of phenols is 1. The fraction of sp³-hybridized carbons (Fsp3) is 0.111. The first-order valence-electron chi connectivity index (χ1n) is 11.2. The summed E-state index contributed by atoms with van der Waals surface area (Å²) in [7, 11) is 0. The zero-order valence-corrected chi connectivity index (χ0v) is 19.2.